The normalized spacial score (nSPS) is 62.3. The van der Waals surface area contributed by atoms with Gasteiger partial charge in [-0.3, -0.25) is 0 Å². The van der Waals surface area contributed by atoms with Gasteiger partial charge in [-0.15, -0.1) is 0 Å². The summed E-state index contributed by atoms with van der Waals surface area (Å²) >= 11 is 0. The zero-order chi connectivity index (χ0) is 19.1. The molecular weight excluding hydrogens is 312 g/mol. The van der Waals surface area contributed by atoms with Crippen LogP contribution in [-0.4, -0.2) is 0 Å². The molecule has 0 radical (unpaired) electrons. The molecule has 0 bridgehead atoms. The zero-order valence-corrected chi connectivity index (χ0v) is 19.1. The van der Waals surface area contributed by atoms with Crippen molar-refractivity contribution in [2.24, 2.45) is 63.6 Å². The minimum Gasteiger partial charge on any atom is -0.0651 e. The maximum atomic E-state index is 2.75. The van der Waals surface area contributed by atoms with Gasteiger partial charge in [-0.2, -0.15) is 0 Å². The minimum absolute atomic E-state index is 0.557. The van der Waals surface area contributed by atoms with Crippen LogP contribution in [0.1, 0.15) is 100 Å². The molecule has 9 unspecified atom stereocenters. The minimum atomic E-state index is 0.557. The van der Waals surface area contributed by atoms with Gasteiger partial charge in [0, 0.05) is 0 Å². The summed E-state index contributed by atoms with van der Waals surface area (Å²) in [5.41, 5.74) is 1.76. The third-order valence-electron chi connectivity index (χ3n) is 12.0. The molecule has 4 saturated carbocycles. The first-order valence-corrected chi connectivity index (χ1v) is 12.1. The maximum Gasteiger partial charge on any atom is -0.0238 e. The summed E-state index contributed by atoms with van der Waals surface area (Å²) in [6.07, 6.45) is 10.4. The second kappa shape index (κ2) is 6.00. The fourth-order valence-corrected chi connectivity index (χ4v) is 9.93. The molecule has 0 spiro atoms. The lowest BCUT2D eigenvalue weighted by molar-refractivity contribution is -0.220. The van der Waals surface area contributed by atoms with E-state index in [-0.39, 0.29) is 0 Å². The van der Waals surface area contributed by atoms with Crippen molar-refractivity contribution in [2.45, 2.75) is 100 Å². The number of hydrogen-bond donors (Lipinski definition) is 0. The first kappa shape index (κ1) is 19.3. The van der Waals surface area contributed by atoms with Gasteiger partial charge in [0.05, 0.1) is 0 Å². The Kier molecular flexibility index (Phi) is 4.46. The standard InChI is InChI=1S/C26H46/c1-9-20-10-11-21-23-18(4)19(5)25(7)15-16(2)12-13-24(25,6)22(23)14-17(3)26(20,21)8/h16-23H,9-15H2,1-8H3/t16?,17?,18?,19?,20?,21?,22?,23?,24-,25?,26-/m1/s1. The quantitative estimate of drug-likeness (QED) is 0.448. The predicted molar refractivity (Wildman–Crippen MR) is 113 cm³/mol. The second-order valence-electron chi connectivity index (χ2n) is 12.3. The van der Waals surface area contributed by atoms with E-state index in [2.05, 4.69) is 55.4 Å². The van der Waals surface area contributed by atoms with E-state index in [0.29, 0.717) is 16.2 Å². The van der Waals surface area contributed by atoms with Crippen molar-refractivity contribution in [1.82, 2.24) is 0 Å². The summed E-state index contributed by atoms with van der Waals surface area (Å²) in [6.45, 7) is 21.1. The highest BCUT2D eigenvalue weighted by atomic mass is 14.7. The van der Waals surface area contributed by atoms with Crippen LogP contribution in [0.25, 0.3) is 0 Å². The highest BCUT2D eigenvalue weighted by Gasteiger charge is 2.67. The number of fused-ring (bicyclic) bond motifs is 5. The van der Waals surface area contributed by atoms with E-state index in [1.165, 1.54) is 44.9 Å². The molecule has 4 aliphatic carbocycles. The zero-order valence-electron chi connectivity index (χ0n) is 19.1. The molecule has 11 atom stereocenters. The molecule has 0 nitrogen and oxygen atoms in total. The van der Waals surface area contributed by atoms with Crippen LogP contribution in [0.15, 0.2) is 0 Å². The summed E-state index contributed by atoms with van der Waals surface area (Å²) in [5, 5.41) is 0. The van der Waals surface area contributed by atoms with E-state index in [1.54, 1.807) is 0 Å². The van der Waals surface area contributed by atoms with Crippen molar-refractivity contribution in [3.8, 4) is 0 Å². The van der Waals surface area contributed by atoms with Gasteiger partial charge >= 0.3 is 0 Å². The molecule has 0 aromatic heterocycles. The fourth-order valence-electron chi connectivity index (χ4n) is 9.93. The van der Waals surface area contributed by atoms with Crippen molar-refractivity contribution >= 4 is 0 Å². The average molecular weight is 359 g/mol. The molecule has 0 aliphatic heterocycles. The van der Waals surface area contributed by atoms with E-state index in [0.717, 1.165) is 47.3 Å². The van der Waals surface area contributed by atoms with Crippen LogP contribution in [0.3, 0.4) is 0 Å². The van der Waals surface area contributed by atoms with Crippen LogP contribution in [-0.2, 0) is 0 Å². The predicted octanol–water partition coefficient (Wildman–Crippen LogP) is 7.82. The molecule has 0 heteroatoms. The highest BCUT2D eigenvalue weighted by molar-refractivity contribution is 5.16. The van der Waals surface area contributed by atoms with Crippen molar-refractivity contribution < 1.29 is 0 Å². The maximum absolute atomic E-state index is 2.75. The summed E-state index contributed by atoms with van der Waals surface area (Å²) < 4.78 is 0. The first-order valence-electron chi connectivity index (χ1n) is 12.1. The summed E-state index contributed by atoms with van der Waals surface area (Å²) in [7, 11) is 0. The van der Waals surface area contributed by atoms with Gasteiger partial charge in [0.2, 0.25) is 0 Å². The van der Waals surface area contributed by atoms with Crippen molar-refractivity contribution in [1.29, 1.82) is 0 Å². The van der Waals surface area contributed by atoms with Gasteiger partial charge in [0.25, 0.3) is 0 Å². The molecule has 0 N–H and O–H groups in total. The Morgan fingerprint density at radius 1 is 0.846 bits per heavy atom. The van der Waals surface area contributed by atoms with Crippen molar-refractivity contribution in [3.05, 3.63) is 0 Å². The Bertz CT molecular complexity index is 550. The van der Waals surface area contributed by atoms with Crippen molar-refractivity contribution in [3.63, 3.8) is 0 Å². The van der Waals surface area contributed by atoms with Crippen LogP contribution in [0.2, 0.25) is 0 Å². The van der Waals surface area contributed by atoms with Gasteiger partial charge in [0.1, 0.15) is 0 Å². The molecule has 0 aromatic rings. The topological polar surface area (TPSA) is 0 Å². The van der Waals surface area contributed by atoms with Gasteiger partial charge in [-0.05, 0) is 95.7 Å². The third-order valence-corrected chi connectivity index (χ3v) is 12.0. The smallest absolute Gasteiger partial charge is 0.0238 e. The molecule has 26 heavy (non-hydrogen) atoms. The summed E-state index contributed by atoms with van der Waals surface area (Å²) in [5.74, 6) is 7.61. The lowest BCUT2D eigenvalue weighted by atomic mass is 9.34. The molecule has 4 aliphatic rings. The van der Waals surface area contributed by atoms with Crippen molar-refractivity contribution in [2.75, 3.05) is 0 Å². The Morgan fingerprint density at radius 3 is 2.19 bits per heavy atom. The van der Waals surface area contributed by atoms with Crippen LogP contribution in [0.5, 0.6) is 0 Å². The summed E-state index contributed by atoms with van der Waals surface area (Å²) in [4.78, 5) is 0. The molecule has 0 saturated heterocycles. The number of rotatable bonds is 1. The van der Waals surface area contributed by atoms with E-state index >= 15 is 0 Å². The van der Waals surface area contributed by atoms with E-state index in [1.807, 2.05) is 0 Å². The second-order valence-corrected chi connectivity index (χ2v) is 12.3. The SMILES string of the molecule is CCC1CCC2C3C(C)C(C)C4(C)CC(C)CC[C@]4(C)C3CC(C)[C@]12C. The molecule has 150 valence electrons. The average Bonchev–Trinajstić information content (AvgIpc) is 2.94. The third kappa shape index (κ3) is 2.14. The fraction of sp³-hybridized carbons (Fsp3) is 1.00. The van der Waals surface area contributed by atoms with E-state index < -0.39 is 0 Å². The molecular formula is C26H46. The molecule has 4 rings (SSSR count). The van der Waals surface area contributed by atoms with E-state index in [4.69, 9.17) is 0 Å². The van der Waals surface area contributed by atoms with Crippen LogP contribution in [0.4, 0.5) is 0 Å². The number of hydrogen-bond acceptors (Lipinski definition) is 0. The summed E-state index contributed by atoms with van der Waals surface area (Å²) in [6, 6.07) is 0. The Morgan fingerprint density at radius 2 is 1.54 bits per heavy atom. The highest BCUT2D eigenvalue weighted by Crippen LogP contribution is 2.74. The van der Waals surface area contributed by atoms with Gasteiger partial charge < -0.3 is 0 Å². The molecule has 4 fully saturated rings. The first-order chi connectivity index (χ1) is 12.1. The van der Waals surface area contributed by atoms with Gasteiger partial charge in [-0.1, -0.05) is 68.2 Å². The lowest BCUT2D eigenvalue weighted by Crippen LogP contribution is -2.64. The Labute approximate surface area is 164 Å². The Balaban J connectivity index is 1.78. The van der Waals surface area contributed by atoms with Crippen LogP contribution in [0, 0.1) is 63.6 Å². The lowest BCUT2D eigenvalue weighted by Gasteiger charge is -2.70. The monoisotopic (exact) mass is 358 g/mol. The van der Waals surface area contributed by atoms with E-state index in [9.17, 15) is 0 Å². The van der Waals surface area contributed by atoms with Crippen LogP contribution < -0.4 is 0 Å². The Hall–Kier alpha value is 0. The molecule has 0 aromatic carbocycles. The van der Waals surface area contributed by atoms with Gasteiger partial charge in [-0.25, -0.2) is 0 Å². The molecule has 0 heterocycles. The van der Waals surface area contributed by atoms with Gasteiger partial charge in [0.15, 0.2) is 0 Å². The largest absolute Gasteiger partial charge is 0.0651 e. The van der Waals surface area contributed by atoms with Crippen LogP contribution >= 0.6 is 0 Å². The molecule has 0 amide bonds.